The molecule has 0 radical (unpaired) electrons. The molecule has 3 N–H and O–H groups in total. The summed E-state index contributed by atoms with van der Waals surface area (Å²) in [7, 11) is 0. The third kappa shape index (κ3) is 4.37. The van der Waals surface area contributed by atoms with Crippen LogP contribution in [0.5, 0.6) is 0 Å². The van der Waals surface area contributed by atoms with Gasteiger partial charge in [0.2, 0.25) is 0 Å². The maximum atomic E-state index is 12.3. The summed E-state index contributed by atoms with van der Waals surface area (Å²) in [4.78, 5) is 17.8. The van der Waals surface area contributed by atoms with Crippen LogP contribution in [0.15, 0.2) is 28.5 Å². The van der Waals surface area contributed by atoms with Gasteiger partial charge < -0.3 is 11.1 Å². The number of benzene rings is 1. The number of aromatic nitrogens is 1. The number of carbonyl (C=O) groups is 1. The highest BCUT2D eigenvalue weighted by Crippen LogP contribution is 2.35. The molecule has 1 aliphatic rings. The minimum atomic E-state index is -0.179. The summed E-state index contributed by atoms with van der Waals surface area (Å²) < 4.78 is 0. The molecule has 2 aromatic rings. The van der Waals surface area contributed by atoms with Crippen molar-refractivity contribution in [2.45, 2.75) is 55.7 Å². The second-order valence-electron chi connectivity index (χ2n) is 6.14. The van der Waals surface area contributed by atoms with E-state index >= 15 is 0 Å². The Morgan fingerprint density at radius 1 is 1.38 bits per heavy atom. The Hall–Kier alpha value is -1.37. The first-order valence-corrected chi connectivity index (χ1v) is 10.1. The third-order valence-corrected chi connectivity index (χ3v) is 6.46. The first kappa shape index (κ1) is 17.5. The number of hydrogen-bond acceptors (Lipinski definition) is 5. The molecule has 0 bridgehead atoms. The van der Waals surface area contributed by atoms with Gasteiger partial charge in [-0.2, -0.15) is 0 Å². The molecule has 1 saturated carbocycles. The zero-order valence-electron chi connectivity index (χ0n) is 13.9. The fraction of sp³-hybridized carbons (Fsp3) is 0.444. The van der Waals surface area contributed by atoms with Crippen molar-refractivity contribution >= 4 is 34.7 Å². The quantitative estimate of drug-likeness (QED) is 0.817. The molecule has 0 aliphatic heterocycles. The lowest BCUT2D eigenvalue weighted by Crippen LogP contribution is -2.13. The first-order valence-electron chi connectivity index (χ1n) is 8.39. The van der Waals surface area contributed by atoms with Crippen LogP contribution in [-0.2, 0) is 6.54 Å². The second-order valence-corrected chi connectivity index (χ2v) is 8.46. The summed E-state index contributed by atoms with van der Waals surface area (Å²) in [6.07, 6.45) is 6.71. The third-order valence-electron chi connectivity index (χ3n) is 4.26. The van der Waals surface area contributed by atoms with Crippen LogP contribution in [0.1, 0.15) is 53.2 Å². The van der Waals surface area contributed by atoms with E-state index in [-0.39, 0.29) is 5.91 Å². The molecule has 1 aliphatic carbocycles. The lowest BCUT2D eigenvalue weighted by Gasteiger charge is -2.21. The summed E-state index contributed by atoms with van der Waals surface area (Å²) >= 11 is 3.39. The molecule has 1 aromatic carbocycles. The van der Waals surface area contributed by atoms with Crippen molar-refractivity contribution in [1.29, 1.82) is 0 Å². The van der Waals surface area contributed by atoms with Gasteiger partial charge in [-0.05, 0) is 43.5 Å². The van der Waals surface area contributed by atoms with Crippen LogP contribution in [0.4, 0.5) is 5.69 Å². The maximum absolute atomic E-state index is 12.3. The van der Waals surface area contributed by atoms with E-state index in [1.807, 2.05) is 24.8 Å². The van der Waals surface area contributed by atoms with Crippen LogP contribution in [0.3, 0.4) is 0 Å². The highest BCUT2D eigenvalue weighted by molar-refractivity contribution is 8.00. The fourth-order valence-corrected chi connectivity index (χ4v) is 4.92. The molecule has 3 rings (SSSR count). The Morgan fingerprint density at radius 2 is 2.17 bits per heavy atom. The number of thiazole rings is 1. The normalized spacial score (nSPS) is 15.4. The molecule has 1 aromatic heterocycles. The average molecular weight is 362 g/mol. The summed E-state index contributed by atoms with van der Waals surface area (Å²) in [6.45, 7) is 2.40. The lowest BCUT2D eigenvalue weighted by molar-refractivity contribution is 0.102. The van der Waals surface area contributed by atoms with Crippen molar-refractivity contribution in [3.8, 4) is 0 Å². The Kier molecular flexibility index (Phi) is 5.92. The highest BCUT2D eigenvalue weighted by Gasteiger charge is 2.16. The number of aryl methyl sites for hydroxylation is 1. The summed E-state index contributed by atoms with van der Waals surface area (Å²) in [5, 5.41) is 6.21. The number of nitrogens with zero attached hydrogens (tertiary/aromatic N) is 1. The van der Waals surface area contributed by atoms with Gasteiger partial charge in [-0.1, -0.05) is 19.3 Å². The van der Waals surface area contributed by atoms with E-state index in [0.717, 1.165) is 21.5 Å². The van der Waals surface area contributed by atoms with Crippen molar-refractivity contribution in [2.75, 3.05) is 5.32 Å². The smallest absolute Gasteiger partial charge is 0.275 e. The van der Waals surface area contributed by atoms with E-state index in [9.17, 15) is 4.79 Å². The SMILES string of the molecule is Cc1cc(SC2CCCCC2)ccc1NC(=O)c1csc(CN)n1. The number of hydrogen-bond donors (Lipinski definition) is 2. The van der Waals surface area contributed by atoms with E-state index in [1.165, 1.54) is 48.3 Å². The van der Waals surface area contributed by atoms with Crippen molar-refractivity contribution in [3.63, 3.8) is 0 Å². The molecule has 0 spiro atoms. The molecule has 1 amide bonds. The van der Waals surface area contributed by atoms with Crippen molar-refractivity contribution in [3.05, 3.63) is 39.8 Å². The van der Waals surface area contributed by atoms with Gasteiger partial charge >= 0.3 is 0 Å². The molecule has 0 saturated heterocycles. The van der Waals surface area contributed by atoms with E-state index in [1.54, 1.807) is 5.38 Å². The fourth-order valence-electron chi connectivity index (χ4n) is 2.92. The van der Waals surface area contributed by atoms with E-state index in [0.29, 0.717) is 12.2 Å². The van der Waals surface area contributed by atoms with Gasteiger partial charge in [-0.3, -0.25) is 4.79 Å². The largest absolute Gasteiger partial charge is 0.325 e. The van der Waals surface area contributed by atoms with Gasteiger partial charge in [0.25, 0.3) is 5.91 Å². The van der Waals surface area contributed by atoms with Gasteiger partial charge in [-0.25, -0.2) is 4.98 Å². The number of nitrogens with two attached hydrogens (primary N) is 1. The molecular formula is C18H23N3OS2. The number of anilines is 1. The zero-order valence-corrected chi connectivity index (χ0v) is 15.5. The predicted molar refractivity (Wildman–Crippen MR) is 102 cm³/mol. The molecular weight excluding hydrogens is 338 g/mol. The first-order chi connectivity index (χ1) is 11.7. The molecule has 0 atom stereocenters. The lowest BCUT2D eigenvalue weighted by atomic mass is 10.0. The molecule has 0 unspecified atom stereocenters. The van der Waals surface area contributed by atoms with Crippen LogP contribution in [0.2, 0.25) is 0 Å². The van der Waals surface area contributed by atoms with Crippen LogP contribution in [0.25, 0.3) is 0 Å². The molecule has 4 nitrogen and oxygen atoms in total. The minimum absolute atomic E-state index is 0.179. The van der Waals surface area contributed by atoms with E-state index < -0.39 is 0 Å². The topological polar surface area (TPSA) is 68.0 Å². The number of nitrogens with one attached hydrogen (secondary N) is 1. The van der Waals surface area contributed by atoms with Crippen LogP contribution in [0, 0.1) is 6.92 Å². The molecule has 24 heavy (non-hydrogen) atoms. The Morgan fingerprint density at radius 3 is 2.83 bits per heavy atom. The standard InChI is InChI=1S/C18H23N3OS2/c1-12-9-14(24-13-5-3-2-4-6-13)7-8-15(12)21-18(22)16-11-23-17(10-19)20-16/h7-9,11,13H,2-6,10,19H2,1H3,(H,21,22). The molecule has 128 valence electrons. The van der Waals surface area contributed by atoms with E-state index in [4.69, 9.17) is 5.73 Å². The summed E-state index contributed by atoms with van der Waals surface area (Å²) in [5.41, 5.74) is 7.90. The zero-order chi connectivity index (χ0) is 16.9. The van der Waals surface area contributed by atoms with Crippen LogP contribution < -0.4 is 11.1 Å². The van der Waals surface area contributed by atoms with Crippen molar-refractivity contribution in [1.82, 2.24) is 4.98 Å². The summed E-state index contributed by atoms with van der Waals surface area (Å²) in [6, 6.07) is 6.27. The van der Waals surface area contributed by atoms with Gasteiger partial charge in [0.15, 0.2) is 0 Å². The van der Waals surface area contributed by atoms with E-state index in [2.05, 4.69) is 22.4 Å². The predicted octanol–water partition coefficient (Wildman–Crippen LogP) is 4.59. The monoisotopic (exact) mass is 361 g/mol. The highest BCUT2D eigenvalue weighted by atomic mass is 32.2. The number of rotatable bonds is 5. The van der Waals surface area contributed by atoms with Crippen LogP contribution in [-0.4, -0.2) is 16.1 Å². The van der Waals surface area contributed by atoms with Crippen molar-refractivity contribution in [2.24, 2.45) is 5.73 Å². The Balaban J connectivity index is 1.64. The van der Waals surface area contributed by atoms with Crippen molar-refractivity contribution < 1.29 is 4.79 Å². The second kappa shape index (κ2) is 8.14. The van der Waals surface area contributed by atoms with Gasteiger partial charge in [0.1, 0.15) is 10.7 Å². The van der Waals surface area contributed by atoms with Gasteiger partial charge in [-0.15, -0.1) is 23.1 Å². The summed E-state index contributed by atoms with van der Waals surface area (Å²) in [5.74, 6) is -0.179. The molecule has 6 heteroatoms. The molecule has 1 fully saturated rings. The van der Waals surface area contributed by atoms with Gasteiger partial charge in [0.05, 0.1) is 0 Å². The average Bonchev–Trinajstić information content (AvgIpc) is 3.07. The Labute approximate surface area is 151 Å². The maximum Gasteiger partial charge on any atom is 0.275 e. The van der Waals surface area contributed by atoms with Crippen LogP contribution >= 0.6 is 23.1 Å². The molecule has 1 heterocycles. The minimum Gasteiger partial charge on any atom is -0.325 e. The number of thioether (sulfide) groups is 1. The number of carbonyl (C=O) groups excluding carboxylic acids is 1. The Bertz CT molecular complexity index is 708. The van der Waals surface area contributed by atoms with Gasteiger partial charge in [0, 0.05) is 27.8 Å². The number of amides is 1.